The van der Waals surface area contributed by atoms with Crippen LogP contribution in [0.25, 0.3) is 11.3 Å². The fourth-order valence-electron chi connectivity index (χ4n) is 4.33. The van der Waals surface area contributed by atoms with Crippen LogP contribution in [0.3, 0.4) is 0 Å². The van der Waals surface area contributed by atoms with Crippen molar-refractivity contribution < 1.29 is 22.3 Å². The average Bonchev–Trinajstić information content (AvgIpc) is 3.38. The molecule has 8 nitrogen and oxygen atoms in total. The molecular weight excluding hydrogens is 503 g/mol. The van der Waals surface area contributed by atoms with E-state index in [0.717, 1.165) is 29.4 Å². The first kappa shape index (κ1) is 25.0. The lowest BCUT2D eigenvalue weighted by atomic mass is 10.2. The van der Waals surface area contributed by atoms with Gasteiger partial charge in [0.05, 0.1) is 30.3 Å². The van der Waals surface area contributed by atoms with E-state index < -0.39 is 10.0 Å². The van der Waals surface area contributed by atoms with Gasteiger partial charge in [-0.2, -0.15) is 4.31 Å². The van der Waals surface area contributed by atoms with Gasteiger partial charge in [-0.1, -0.05) is 0 Å². The van der Waals surface area contributed by atoms with Gasteiger partial charge < -0.3 is 9.64 Å². The highest BCUT2D eigenvalue weighted by Crippen LogP contribution is 2.24. The molecule has 0 unspecified atom stereocenters. The second-order valence-corrected chi connectivity index (χ2v) is 11.6. The average molecular weight is 531 g/mol. The molecule has 0 atom stereocenters. The monoisotopic (exact) mass is 530 g/mol. The van der Waals surface area contributed by atoms with Gasteiger partial charge in [0.25, 0.3) is 5.91 Å². The number of carbonyl (C=O) groups excluding carboxylic acids is 1. The lowest BCUT2D eigenvalue weighted by Crippen LogP contribution is -2.48. The molecule has 36 heavy (non-hydrogen) atoms. The van der Waals surface area contributed by atoms with Crippen molar-refractivity contribution in [2.24, 2.45) is 0 Å². The number of ether oxygens (including phenoxy) is 1. The second kappa shape index (κ2) is 10.7. The van der Waals surface area contributed by atoms with Crippen molar-refractivity contribution in [3.8, 4) is 11.3 Å². The van der Waals surface area contributed by atoms with Crippen molar-refractivity contribution in [3.05, 3.63) is 70.3 Å². The Morgan fingerprint density at radius 1 is 0.944 bits per heavy atom. The lowest BCUT2D eigenvalue weighted by molar-refractivity contribution is 0.0628. The van der Waals surface area contributed by atoms with Gasteiger partial charge in [-0.25, -0.2) is 17.8 Å². The number of hydrogen-bond donors (Lipinski definition) is 0. The summed E-state index contributed by atoms with van der Waals surface area (Å²) >= 11 is 1.57. The molecule has 0 aliphatic carbocycles. The maximum absolute atomic E-state index is 13.2. The summed E-state index contributed by atoms with van der Waals surface area (Å²) in [6, 6.07) is 12.5. The van der Waals surface area contributed by atoms with Crippen LogP contribution in [0, 0.1) is 5.82 Å². The molecule has 11 heteroatoms. The zero-order chi connectivity index (χ0) is 25.1. The van der Waals surface area contributed by atoms with Gasteiger partial charge in [-0.3, -0.25) is 9.69 Å². The third-order valence-corrected chi connectivity index (χ3v) is 9.17. The summed E-state index contributed by atoms with van der Waals surface area (Å²) in [7, 11) is -3.58. The first-order chi connectivity index (χ1) is 17.4. The predicted molar refractivity (Wildman–Crippen MR) is 135 cm³/mol. The number of piperazine rings is 1. The van der Waals surface area contributed by atoms with Crippen LogP contribution < -0.4 is 0 Å². The van der Waals surface area contributed by atoms with Crippen LogP contribution in [-0.4, -0.2) is 85.9 Å². The molecule has 190 valence electrons. The Bertz CT molecular complexity index is 1300. The number of morpholine rings is 1. The van der Waals surface area contributed by atoms with Crippen LogP contribution >= 0.6 is 11.3 Å². The van der Waals surface area contributed by atoms with Crippen molar-refractivity contribution in [3.63, 3.8) is 0 Å². The molecular formula is C25H27FN4O4S2. The van der Waals surface area contributed by atoms with Crippen molar-refractivity contribution in [1.29, 1.82) is 0 Å². The van der Waals surface area contributed by atoms with Gasteiger partial charge in [-0.15, -0.1) is 11.3 Å². The number of hydrogen-bond acceptors (Lipinski definition) is 7. The molecule has 0 bridgehead atoms. The van der Waals surface area contributed by atoms with E-state index in [2.05, 4.69) is 9.88 Å². The van der Waals surface area contributed by atoms with Crippen molar-refractivity contribution in [1.82, 2.24) is 19.1 Å². The number of rotatable bonds is 6. The maximum Gasteiger partial charge on any atom is 0.253 e. The third-order valence-electron chi connectivity index (χ3n) is 6.42. The molecule has 0 spiro atoms. The van der Waals surface area contributed by atoms with E-state index in [0.29, 0.717) is 51.5 Å². The van der Waals surface area contributed by atoms with Gasteiger partial charge in [0.15, 0.2) is 0 Å². The molecule has 2 aliphatic heterocycles. The van der Waals surface area contributed by atoms with Crippen LogP contribution in [-0.2, 0) is 21.3 Å². The smallest absolute Gasteiger partial charge is 0.253 e. The number of sulfonamides is 1. The van der Waals surface area contributed by atoms with E-state index in [1.807, 2.05) is 5.38 Å². The Morgan fingerprint density at radius 2 is 1.61 bits per heavy atom. The van der Waals surface area contributed by atoms with Crippen LogP contribution in [0.4, 0.5) is 4.39 Å². The minimum absolute atomic E-state index is 0.0992. The summed E-state index contributed by atoms with van der Waals surface area (Å²) in [5, 5.41) is 2.96. The summed E-state index contributed by atoms with van der Waals surface area (Å²) in [6.45, 7) is 4.76. The second-order valence-electron chi connectivity index (χ2n) is 8.74. The van der Waals surface area contributed by atoms with E-state index in [9.17, 15) is 17.6 Å². The lowest BCUT2D eigenvalue weighted by Gasteiger charge is -2.34. The first-order valence-electron chi connectivity index (χ1n) is 11.8. The summed E-state index contributed by atoms with van der Waals surface area (Å²) in [6.07, 6.45) is 0. The Morgan fingerprint density at radius 3 is 2.28 bits per heavy atom. The normalized spacial score (nSPS) is 17.9. The van der Waals surface area contributed by atoms with Gasteiger partial charge in [0.1, 0.15) is 10.8 Å². The van der Waals surface area contributed by atoms with Gasteiger partial charge >= 0.3 is 0 Å². The molecule has 2 aliphatic rings. The minimum atomic E-state index is -3.58. The van der Waals surface area contributed by atoms with E-state index >= 15 is 0 Å². The summed E-state index contributed by atoms with van der Waals surface area (Å²) in [5.41, 5.74) is 2.20. The molecule has 0 N–H and O–H groups in total. The number of nitrogens with zero attached hydrogens (tertiary/aromatic N) is 4. The number of aromatic nitrogens is 1. The number of carbonyl (C=O) groups is 1. The maximum atomic E-state index is 13.2. The predicted octanol–water partition coefficient (Wildman–Crippen LogP) is 2.93. The number of benzene rings is 2. The standard InChI is InChI=1S/C25H27FN4O4S2/c26-21-5-1-19(2-6-21)23-18-35-24(27-23)17-28-9-11-29(12-10-28)25(31)20-3-7-22(8-4-20)36(32,33)30-13-15-34-16-14-30/h1-8,18H,9-17H2. The SMILES string of the molecule is O=C(c1ccc(S(=O)(=O)N2CCOCC2)cc1)N1CCN(Cc2nc(-c3ccc(F)cc3)cs2)CC1. The molecule has 2 saturated heterocycles. The van der Waals surface area contributed by atoms with E-state index in [4.69, 9.17) is 4.74 Å². The highest BCUT2D eigenvalue weighted by atomic mass is 32.2. The van der Waals surface area contributed by atoms with Crippen molar-refractivity contribution in [2.45, 2.75) is 11.4 Å². The van der Waals surface area contributed by atoms with Crippen LogP contribution in [0.15, 0.2) is 58.8 Å². The first-order valence-corrected chi connectivity index (χ1v) is 14.1. The number of amides is 1. The van der Waals surface area contributed by atoms with Gasteiger partial charge in [0.2, 0.25) is 10.0 Å². The highest BCUT2D eigenvalue weighted by molar-refractivity contribution is 7.89. The Kier molecular flexibility index (Phi) is 7.44. The molecule has 2 fully saturated rings. The zero-order valence-electron chi connectivity index (χ0n) is 19.7. The quantitative estimate of drug-likeness (QED) is 0.488. The Balaban J connectivity index is 1.15. The van der Waals surface area contributed by atoms with Crippen molar-refractivity contribution >= 4 is 27.3 Å². The number of thiazole rings is 1. The minimum Gasteiger partial charge on any atom is -0.379 e. The highest BCUT2D eigenvalue weighted by Gasteiger charge is 2.27. The van der Waals surface area contributed by atoms with Crippen LogP contribution in [0.5, 0.6) is 0 Å². The van der Waals surface area contributed by atoms with Gasteiger partial charge in [-0.05, 0) is 48.5 Å². The van der Waals surface area contributed by atoms with Crippen LogP contribution in [0.2, 0.25) is 0 Å². The molecule has 3 heterocycles. The molecule has 3 aromatic rings. The molecule has 0 radical (unpaired) electrons. The molecule has 5 rings (SSSR count). The summed E-state index contributed by atoms with van der Waals surface area (Å²) in [5.74, 6) is -0.367. The molecule has 1 aromatic heterocycles. The molecule has 0 saturated carbocycles. The fraction of sp³-hybridized carbons (Fsp3) is 0.360. The van der Waals surface area contributed by atoms with E-state index in [1.165, 1.54) is 28.6 Å². The Labute approximate surface area is 214 Å². The third kappa shape index (κ3) is 5.50. The Hall–Kier alpha value is -2.70. The fourth-order valence-corrected chi connectivity index (χ4v) is 6.58. The topological polar surface area (TPSA) is 83.0 Å². The molecule has 1 amide bonds. The largest absolute Gasteiger partial charge is 0.379 e. The zero-order valence-corrected chi connectivity index (χ0v) is 21.3. The van der Waals surface area contributed by atoms with Gasteiger partial charge in [0, 0.05) is 55.8 Å². The summed E-state index contributed by atoms with van der Waals surface area (Å²) in [4.78, 5) is 21.9. The van der Waals surface area contributed by atoms with E-state index in [-0.39, 0.29) is 16.6 Å². The summed E-state index contributed by atoms with van der Waals surface area (Å²) < 4.78 is 45.4. The molecule has 2 aromatic carbocycles. The van der Waals surface area contributed by atoms with E-state index in [1.54, 1.807) is 40.5 Å². The van der Waals surface area contributed by atoms with Crippen LogP contribution in [0.1, 0.15) is 15.4 Å². The van der Waals surface area contributed by atoms with Crippen molar-refractivity contribution in [2.75, 3.05) is 52.5 Å². The number of halogens is 1.